The molecule has 0 unspecified atom stereocenters. The van der Waals surface area contributed by atoms with E-state index in [-0.39, 0.29) is 0 Å². The van der Waals surface area contributed by atoms with Gasteiger partial charge in [-0.2, -0.15) is 9.97 Å². The minimum absolute atomic E-state index is 0.576. The Bertz CT molecular complexity index is 3900. The topological polar surface area (TPSA) is 48.5 Å². The molecule has 278 valence electrons. The van der Waals surface area contributed by atoms with Gasteiger partial charge in [-0.15, -0.1) is 0 Å². The quantitative estimate of drug-likeness (QED) is 0.168. The lowest BCUT2D eigenvalue weighted by Gasteiger charge is -2.14. The van der Waals surface area contributed by atoms with Crippen LogP contribution in [0.2, 0.25) is 0 Å². The maximum Gasteiger partial charge on any atom is 0.238 e. The molecule has 3 aromatic heterocycles. The lowest BCUT2D eigenvalue weighted by atomic mass is 9.97. The van der Waals surface area contributed by atoms with Crippen LogP contribution >= 0.6 is 0 Å². The number of aromatic nitrogens is 5. The van der Waals surface area contributed by atoms with E-state index in [2.05, 4.69) is 191 Å². The molecule has 60 heavy (non-hydrogen) atoms. The molecule has 13 rings (SSSR count). The minimum Gasteiger partial charge on any atom is -0.309 e. The number of hydrogen-bond acceptors (Lipinski definition) is 3. The number of fused-ring (bicyclic) bond motifs is 11. The maximum atomic E-state index is 5.40. The van der Waals surface area contributed by atoms with Crippen molar-refractivity contribution >= 4 is 86.7 Å². The number of rotatable bonds is 4. The summed E-state index contributed by atoms with van der Waals surface area (Å²) in [6, 6.07) is 71.6. The van der Waals surface area contributed by atoms with Crippen LogP contribution in [-0.2, 0) is 0 Å². The second-order valence-electron chi connectivity index (χ2n) is 15.7. The minimum atomic E-state index is 0.576. The van der Waals surface area contributed by atoms with E-state index in [9.17, 15) is 0 Å². The van der Waals surface area contributed by atoms with Crippen LogP contribution in [0.5, 0.6) is 0 Å². The molecule has 0 N–H and O–H groups in total. The Morgan fingerprint density at radius 3 is 1.57 bits per heavy atom. The van der Waals surface area contributed by atoms with Crippen molar-refractivity contribution in [1.82, 2.24) is 24.1 Å². The van der Waals surface area contributed by atoms with Crippen LogP contribution in [0.1, 0.15) is 0 Å². The van der Waals surface area contributed by atoms with Crippen LogP contribution in [0, 0.1) is 0 Å². The SMILES string of the molecule is c1ccc(-c2nc(-c3cc4ccccc4c4ccccc34)nc(-n3c4ccccc4c4cc5ccc(-n6c7ccccc7c7cc8ccccc8cc76)cc5cc43)n2)cc1. The molecule has 0 amide bonds. The Morgan fingerprint density at radius 2 is 0.817 bits per heavy atom. The van der Waals surface area contributed by atoms with Gasteiger partial charge >= 0.3 is 0 Å². The van der Waals surface area contributed by atoms with E-state index in [1.165, 1.54) is 48.7 Å². The zero-order chi connectivity index (χ0) is 39.3. The smallest absolute Gasteiger partial charge is 0.238 e. The fourth-order valence-corrected chi connectivity index (χ4v) is 9.53. The summed E-state index contributed by atoms with van der Waals surface area (Å²) in [5.41, 5.74) is 7.47. The Kier molecular flexibility index (Phi) is 6.95. The fraction of sp³-hybridized carbons (Fsp3) is 0. The summed E-state index contributed by atoms with van der Waals surface area (Å²) in [6.45, 7) is 0. The molecule has 0 radical (unpaired) electrons. The summed E-state index contributed by atoms with van der Waals surface area (Å²) in [7, 11) is 0. The Labute approximate surface area is 344 Å². The number of benzene rings is 10. The average Bonchev–Trinajstić information content (AvgIpc) is 3.81. The standard InChI is InChI=1S/C55H33N5/c1-2-14-34(15-3-1)53-56-54(48-31-38-18-6-7-19-41(38)42-20-8-9-21-43(42)48)58-55(57-53)60-50-25-13-11-23-45(50)47-30-37-26-27-40(28-39(37)33-52(47)60)59-49-24-12-10-22-44(49)46-29-35-16-4-5-17-36(35)32-51(46)59/h1-33H. The molecule has 10 aromatic carbocycles. The number of para-hydroxylation sites is 2. The van der Waals surface area contributed by atoms with Gasteiger partial charge < -0.3 is 4.57 Å². The lowest BCUT2D eigenvalue weighted by molar-refractivity contribution is 0.955. The predicted molar refractivity (Wildman–Crippen MR) is 249 cm³/mol. The average molecular weight is 764 g/mol. The molecule has 0 aliphatic rings. The summed E-state index contributed by atoms with van der Waals surface area (Å²) in [6.07, 6.45) is 0. The van der Waals surface area contributed by atoms with Gasteiger partial charge in [-0.1, -0.05) is 146 Å². The first-order valence-corrected chi connectivity index (χ1v) is 20.4. The third kappa shape index (κ3) is 4.90. The molecular weight excluding hydrogens is 731 g/mol. The number of nitrogens with zero attached hydrogens (tertiary/aromatic N) is 5. The van der Waals surface area contributed by atoms with E-state index in [4.69, 9.17) is 15.0 Å². The molecule has 0 atom stereocenters. The van der Waals surface area contributed by atoms with E-state index in [0.29, 0.717) is 17.6 Å². The summed E-state index contributed by atoms with van der Waals surface area (Å²) < 4.78 is 4.64. The molecule has 13 aromatic rings. The zero-order valence-electron chi connectivity index (χ0n) is 32.3. The fourth-order valence-electron chi connectivity index (χ4n) is 9.53. The third-order valence-electron chi connectivity index (χ3n) is 12.3. The van der Waals surface area contributed by atoms with Gasteiger partial charge in [0.05, 0.1) is 22.1 Å². The van der Waals surface area contributed by atoms with Crippen LogP contribution < -0.4 is 0 Å². The van der Waals surface area contributed by atoms with Crippen molar-refractivity contribution in [3.8, 4) is 34.4 Å². The first kappa shape index (κ1) is 32.9. The molecule has 0 fully saturated rings. The highest BCUT2D eigenvalue weighted by Crippen LogP contribution is 2.39. The van der Waals surface area contributed by atoms with Crippen molar-refractivity contribution in [2.45, 2.75) is 0 Å². The Hall–Kier alpha value is -8.15. The van der Waals surface area contributed by atoms with E-state index in [0.717, 1.165) is 54.8 Å². The first-order chi connectivity index (χ1) is 29.7. The molecular formula is C55H33N5. The van der Waals surface area contributed by atoms with Gasteiger partial charge in [-0.25, -0.2) is 4.98 Å². The second-order valence-corrected chi connectivity index (χ2v) is 15.7. The predicted octanol–water partition coefficient (Wildman–Crippen LogP) is 14.0. The molecule has 0 aliphatic carbocycles. The van der Waals surface area contributed by atoms with Crippen molar-refractivity contribution in [3.63, 3.8) is 0 Å². The van der Waals surface area contributed by atoms with Gasteiger partial charge in [0.25, 0.3) is 0 Å². The highest BCUT2D eigenvalue weighted by atomic mass is 15.2. The van der Waals surface area contributed by atoms with Crippen molar-refractivity contribution < 1.29 is 0 Å². The molecule has 5 nitrogen and oxygen atoms in total. The molecule has 0 aliphatic heterocycles. The highest BCUT2D eigenvalue weighted by Gasteiger charge is 2.21. The van der Waals surface area contributed by atoms with E-state index in [1.54, 1.807) is 0 Å². The summed E-state index contributed by atoms with van der Waals surface area (Å²) in [5.74, 6) is 1.83. The van der Waals surface area contributed by atoms with Gasteiger partial charge in [0.2, 0.25) is 5.95 Å². The molecule has 0 saturated carbocycles. The van der Waals surface area contributed by atoms with Crippen LogP contribution in [-0.4, -0.2) is 24.1 Å². The molecule has 0 saturated heterocycles. The monoisotopic (exact) mass is 763 g/mol. The second kappa shape index (κ2) is 12.7. The normalized spacial score (nSPS) is 12.0. The van der Waals surface area contributed by atoms with E-state index in [1.807, 2.05) is 18.2 Å². The summed E-state index contributed by atoms with van der Waals surface area (Å²) >= 11 is 0. The molecule has 3 heterocycles. The van der Waals surface area contributed by atoms with Crippen LogP contribution in [0.3, 0.4) is 0 Å². The molecule has 0 bridgehead atoms. The third-order valence-corrected chi connectivity index (χ3v) is 12.3. The zero-order valence-corrected chi connectivity index (χ0v) is 32.3. The van der Waals surface area contributed by atoms with Crippen molar-refractivity contribution in [1.29, 1.82) is 0 Å². The maximum absolute atomic E-state index is 5.40. The van der Waals surface area contributed by atoms with Gasteiger partial charge in [-0.05, 0) is 97.7 Å². The van der Waals surface area contributed by atoms with Crippen LogP contribution in [0.25, 0.3) is 121 Å². The first-order valence-electron chi connectivity index (χ1n) is 20.4. The molecule has 5 heteroatoms. The van der Waals surface area contributed by atoms with E-state index >= 15 is 0 Å². The van der Waals surface area contributed by atoms with Crippen molar-refractivity contribution in [3.05, 3.63) is 200 Å². The van der Waals surface area contributed by atoms with Crippen molar-refractivity contribution in [2.24, 2.45) is 0 Å². The van der Waals surface area contributed by atoms with Gasteiger partial charge in [0.15, 0.2) is 11.6 Å². The van der Waals surface area contributed by atoms with Gasteiger partial charge in [0.1, 0.15) is 0 Å². The summed E-state index contributed by atoms with van der Waals surface area (Å²) in [4.78, 5) is 15.9. The van der Waals surface area contributed by atoms with Crippen LogP contribution in [0.4, 0.5) is 0 Å². The Balaban J connectivity index is 1.08. The van der Waals surface area contributed by atoms with Gasteiger partial charge in [0, 0.05) is 38.4 Å². The van der Waals surface area contributed by atoms with E-state index < -0.39 is 0 Å². The van der Waals surface area contributed by atoms with Gasteiger partial charge in [-0.3, -0.25) is 4.57 Å². The number of hydrogen-bond donors (Lipinski definition) is 0. The largest absolute Gasteiger partial charge is 0.309 e. The Morgan fingerprint density at radius 1 is 0.283 bits per heavy atom. The lowest BCUT2D eigenvalue weighted by Crippen LogP contribution is -2.06. The molecule has 0 spiro atoms. The summed E-state index contributed by atoms with van der Waals surface area (Å²) in [5, 5.41) is 14.2. The highest BCUT2D eigenvalue weighted by molar-refractivity contribution is 6.16. The van der Waals surface area contributed by atoms with Crippen molar-refractivity contribution in [2.75, 3.05) is 0 Å². The van der Waals surface area contributed by atoms with Crippen LogP contribution in [0.15, 0.2) is 200 Å².